The Morgan fingerprint density at radius 3 is 2.80 bits per heavy atom. The van der Waals surface area contributed by atoms with Gasteiger partial charge < -0.3 is 15.2 Å². The second kappa shape index (κ2) is 6.12. The molecule has 2 atom stereocenters. The zero-order valence-electron chi connectivity index (χ0n) is 12.2. The maximum absolute atomic E-state index is 5.94. The Hall–Kier alpha value is -1.10. The van der Waals surface area contributed by atoms with Gasteiger partial charge in [-0.25, -0.2) is 0 Å². The van der Waals surface area contributed by atoms with E-state index in [9.17, 15) is 0 Å². The first-order chi connectivity index (χ1) is 9.78. The molecule has 1 aromatic carbocycles. The molecule has 0 aromatic heterocycles. The van der Waals surface area contributed by atoms with Gasteiger partial charge in [-0.2, -0.15) is 0 Å². The first-order valence-electron chi connectivity index (χ1n) is 7.51. The highest BCUT2D eigenvalue weighted by molar-refractivity contribution is 5.46. The number of morpholine rings is 1. The fourth-order valence-electron chi connectivity index (χ4n) is 3.45. The molecule has 4 nitrogen and oxygen atoms in total. The van der Waals surface area contributed by atoms with Crippen LogP contribution in [0.5, 0.6) is 0 Å². The lowest BCUT2D eigenvalue weighted by Gasteiger charge is -2.34. The zero-order valence-corrected chi connectivity index (χ0v) is 12.2. The monoisotopic (exact) mass is 276 g/mol. The predicted octanol–water partition coefficient (Wildman–Crippen LogP) is 1.99. The van der Waals surface area contributed by atoms with Gasteiger partial charge in [0, 0.05) is 31.9 Å². The Kier molecular flexibility index (Phi) is 4.24. The summed E-state index contributed by atoms with van der Waals surface area (Å²) in [5.74, 6) is 0. The summed E-state index contributed by atoms with van der Waals surface area (Å²) < 4.78 is 11.2. The van der Waals surface area contributed by atoms with Crippen molar-refractivity contribution in [3.63, 3.8) is 0 Å². The molecule has 2 unspecified atom stereocenters. The average Bonchev–Trinajstić information content (AvgIpc) is 2.67. The van der Waals surface area contributed by atoms with Gasteiger partial charge in [0.2, 0.25) is 0 Å². The molecule has 1 aliphatic carbocycles. The maximum Gasteiger partial charge on any atom is 0.0825 e. The summed E-state index contributed by atoms with van der Waals surface area (Å²) in [5, 5.41) is 0. The molecule has 0 bridgehead atoms. The van der Waals surface area contributed by atoms with Gasteiger partial charge in [-0.3, -0.25) is 4.90 Å². The molecular weight excluding hydrogens is 252 g/mol. The molecule has 110 valence electrons. The molecule has 3 rings (SSSR count). The van der Waals surface area contributed by atoms with Crippen molar-refractivity contribution in [2.75, 3.05) is 39.1 Å². The number of benzene rings is 1. The minimum Gasteiger partial charge on any atom is -0.399 e. The van der Waals surface area contributed by atoms with Gasteiger partial charge in [0.05, 0.1) is 19.3 Å². The number of hydrogen-bond donors (Lipinski definition) is 1. The largest absolute Gasteiger partial charge is 0.399 e. The standard InChI is InChI=1S/C16H24N2O2/c1-19-16-5-4-14(18-6-8-20-9-7-18)10-12-2-3-13(17)11-15(12)16/h2-3,11,14,16H,4-10,17H2,1H3. The highest BCUT2D eigenvalue weighted by atomic mass is 16.5. The van der Waals surface area contributed by atoms with Gasteiger partial charge in [0.15, 0.2) is 0 Å². The van der Waals surface area contributed by atoms with Gasteiger partial charge in [0.25, 0.3) is 0 Å². The van der Waals surface area contributed by atoms with Crippen LogP contribution in [0.15, 0.2) is 18.2 Å². The van der Waals surface area contributed by atoms with Crippen LogP contribution in [0, 0.1) is 0 Å². The van der Waals surface area contributed by atoms with E-state index in [1.165, 1.54) is 17.5 Å². The lowest BCUT2D eigenvalue weighted by molar-refractivity contribution is 0.0115. The summed E-state index contributed by atoms with van der Waals surface area (Å²) in [5.41, 5.74) is 9.44. The molecular formula is C16H24N2O2. The first kappa shape index (κ1) is 13.9. The molecule has 4 heteroatoms. The van der Waals surface area contributed by atoms with Crippen molar-refractivity contribution in [1.29, 1.82) is 0 Å². The molecule has 0 saturated carbocycles. The van der Waals surface area contributed by atoms with Gasteiger partial charge in [-0.15, -0.1) is 0 Å². The Morgan fingerprint density at radius 1 is 1.25 bits per heavy atom. The van der Waals surface area contributed by atoms with Crippen LogP contribution in [0.25, 0.3) is 0 Å². The number of anilines is 1. The summed E-state index contributed by atoms with van der Waals surface area (Å²) >= 11 is 0. The SMILES string of the molecule is COC1CCC(N2CCOCC2)Cc2ccc(N)cc21. The third-order valence-corrected chi connectivity index (χ3v) is 4.58. The highest BCUT2D eigenvalue weighted by Crippen LogP contribution is 2.34. The second-order valence-electron chi connectivity index (χ2n) is 5.77. The molecule has 1 aliphatic heterocycles. The molecule has 0 spiro atoms. The van der Waals surface area contributed by atoms with Crippen LogP contribution >= 0.6 is 0 Å². The number of nitrogen functional groups attached to an aromatic ring is 1. The Labute approximate surface area is 120 Å². The molecule has 2 aliphatic rings. The predicted molar refractivity (Wildman–Crippen MR) is 79.7 cm³/mol. The van der Waals surface area contributed by atoms with Gasteiger partial charge in [-0.1, -0.05) is 6.07 Å². The number of hydrogen-bond acceptors (Lipinski definition) is 4. The van der Waals surface area contributed by atoms with E-state index in [2.05, 4.69) is 17.0 Å². The van der Waals surface area contributed by atoms with Gasteiger partial charge >= 0.3 is 0 Å². The minimum atomic E-state index is 0.180. The first-order valence-corrected chi connectivity index (χ1v) is 7.51. The van der Waals surface area contributed by atoms with Crippen molar-refractivity contribution in [2.45, 2.75) is 31.4 Å². The fraction of sp³-hybridized carbons (Fsp3) is 0.625. The van der Waals surface area contributed by atoms with E-state index in [-0.39, 0.29) is 6.10 Å². The highest BCUT2D eigenvalue weighted by Gasteiger charge is 2.28. The molecule has 2 N–H and O–H groups in total. The van der Waals surface area contributed by atoms with Crippen LogP contribution in [0.4, 0.5) is 5.69 Å². The Balaban J connectivity index is 1.84. The Bertz CT molecular complexity index is 458. The maximum atomic E-state index is 5.94. The van der Waals surface area contributed by atoms with E-state index in [4.69, 9.17) is 15.2 Å². The smallest absolute Gasteiger partial charge is 0.0825 e. The lowest BCUT2D eigenvalue weighted by Crippen LogP contribution is -2.44. The van der Waals surface area contributed by atoms with Crippen LogP contribution in [0.2, 0.25) is 0 Å². The summed E-state index contributed by atoms with van der Waals surface area (Å²) in [7, 11) is 1.80. The van der Waals surface area contributed by atoms with E-state index >= 15 is 0 Å². The van der Waals surface area contributed by atoms with Crippen molar-refractivity contribution in [2.24, 2.45) is 0 Å². The summed E-state index contributed by atoms with van der Waals surface area (Å²) in [4.78, 5) is 2.57. The topological polar surface area (TPSA) is 47.7 Å². The van der Waals surface area contributed by atoms with Gasteiger partial charge in [-0.05, 0) is 42.5 Å². The van der Waals surface area contributed by atoms with Crippen molar-refractivity contribution in [3.8, 4) is 0 Å². The number of rotatable bonds is 2. The molecule has 1 fully saturated rings. The summed E-state index contributed by atoms with van der Waals surface area (Å²) in [6.45, 7) is 3.82. The quantitative estimate of drug-likeness (QED) is 0.663. The number of nitrogens with zero attached hydrogens (tertiary/aromatic N) is 1. The average molecular weight is 276 g/mol. The summed E-state index contributed by atoms with van der Waals surface area (Å²) in [6, 6.07) is 6.87. The van der Waals surface area contributed by atoms with Crippen LogP contribution in [0.1, 0.15) is 30.1 Å². The van der Waals surface area contributed by atoms with Crippen LogP contribution in [-0.4, -0.2) is 44.4 Å². The van der Waals surface area contributed by atoms with E-state index in [1.54, 1.807) is 7.11 Å². The van der Waals surface area contributed by atoms with Crippen molar-refractivity contribution >= 4 is 5.69 Å². The van der Waals surface area contributed by atoms with Gasteiger partial charge in [0.1, 0.15) is 0 Å². The molecule has 0 radical (unpaired) electrons. The minimum absolute atomic E-state index is 0.180. The van der Waals surface area contributed by atoms with Crippen LogP contribution in [0.3, 0.4) is 0 Å². The van der Waals surface area contributed by atoms with Crippen LogP contribution < -0.4 is 5.73 Å². The van der Waals surface area contributed by atoms with E-state index < -0.39 is 0 Å². The number of ether oxygens (including phenoxy) is 2. The van der Waals surface area contributed by atoms with Crippen LogP contribution in [-0.2, 0) is 15.9 Å². The molecule has 1 heterocycles. The molecule has 20 heavy (non-hydrogen) atoms. The Morgan fingerprint density at radius 2 is 2.05 bits per heavy atom. The van der Waals surface area contributed by atoms with Crippen molar-refractivity contribution in [1.82, 2.24) is 4.90 Å². The molecule has 1 saturated heterocycles. The number of methoxy groups -OCH3 is 1. The third kappa shape index (κ3) is 2.82. The second-order valence-corrected chi connectivity index (χ2v) is 5.77. The van der Waals surface area contributed by atoms with E-state index in [0.29, 0.717) is 6.04 Å². The van der Waals surface area contributed by atoms with E-state index in [1.807, 2.05) is 6.07 Å². The van der Waals surface area contributed by atoms with E-state index in [0.717, 1.165) is 44.8 Å². The van der Waals surface area contributed by atoms with Crippen molar-refractivity contribution in [3.05, 3.63) is 29.3 Å². The number of fused-ring (bicyclic) bond motifs is 1. The molecule has 0 amide bonds. The zero-order chi connectivity index (χ0) is 13.9. The normalized spacial score (nSPS) is 27.9. The third-order valence-electron chi connectivity index (χ3n) is 4.58. The summed E-state index contributed by atoms with van der Waals surface area (Å²) in [6.07, 6.45) is 3.51. The number of nitrogens with two attached hydrogens (primary N) is 1. The molecule has 1 aromatic rings. The lowest BCUT2D eigenvalue weighted by atomic mass is 9.99. The van der Waals surface area contributed by atoms with Crippen molar-refractivity contribution < 1.29 is 9.47 Å². The fourth-order valence-corrected chi connectivity index (χ4v) is 3.45.